The van der Waals surface area contributed by atoms with Gasteiger partial charge in [-0.15, -0.1) is 0 Å². The summed E-state index contributed by atoms with van der Waals surface area (Å²) >= 11 is 9.18. The summed E-state index contributed by atoms with van der Waals surface area (Å²) in [6, 6.07) is 8.85. The van der Waals surface area contributed by atoms with Gasteiger partial charge >= 0.3 is 5.97 Å². The molecule has 4 nitrogen and oxygen atoms in total. The Kier molecular flexibility index (Phi) is 4.07. The van der Waals surface area contributed by atoms with E-state index in [-0.39, 0.29) is 10.7 Å². The fraction of sp³-hybridized carbons (Fsp3) is 0.0769. The van der Waals surface area contributed by atoms with Crippen LogP contribution in [-0.2, 0) is 0 Å². The highest BCUT2D eigenvalue weighted by Gasteiger charge is 2.11. The molecule has 0 aliphatic heterocycles. The Balaban J connectivity index is 2.30. The van der Waals surface area contributed by atoms with E-state index < -0.39 is 5.97 Å². The Morgan fingerprint density at radius 2 is 2.11 bits per heavy atom. The number of hydrogen-bond acceptors (Lipinski definition) is 3. The smallest absolute Gasteiger partial charge is 0.356 e. The fourth-order valence-corrected chi connectivity index (χ4v) is 1.96. The number of benzene rings is 1. The summed E-state index contributed by atoms with van der Waals surface area (Å²) in [6.07, 6.45) is 0. The maximum absolute atomic E-state index is 10.9. The molecule has 0 aliphatic rings. The summed E-state index contributed by atoms with van der Waals surface area (Å²) in [6.45, 7) is 1.97. The maximum Gasteiger partial charge on any atom is 0.356 e. The van der Waals surface area contributed by atoms with Crippen molar-refractivity contribution in [3.8, 4) is 0 Å². The molecule has 0 spiro atoms. The van der Waals surface area contributed by atoms with Crippen molar-refractivity contribution in [3.05, 3.63) is 51.1 Å². The SMILES string of the molecule is Cc1cc(Nc2ccc(Cl)c(C(=O)O)n2)ccc1Br. The van der Waals surface area contributed by atoms with E-state index in [1.54, 1.807) is 6.07 Å². The highest BCUT2D eigenvalue weighted by Crippen LogP contribution is 2.23. The average molecular weight is 342 g/mol. The van der Waals surface area contributed by atoms with Gasteiger partial charge in [-0.05, 0) is 42.8 Å². The molecular weight excluding hydrogens is 332 g/mol. The molecule has 0 saturated carbocycles. The molecule has 1 heterocycles. The molecule has 0 aliphatic carbocycles. The number of aryl methyl sites for hydroxylation is 1. The zero-order chi connectivity index (χ0) is 14.0. The van der Waals surface area contributed by atoms with Gasteiger partial charge in [0.25, 0.3) is 0 Å². The van der Waals surface area contributed by atoms with Gasteiger partial charge in [0.15, 0.2) is 5.69 Å². The van der Waals surface area contributed by atoms with Gasteiger partial charge in [-0.2, -0.15) is 0 Å². The van der Waals surface area contributed by atoms with Crippen LogP contribution in [0.1, 0.15) is 16.1 Å². The number of carbonyl (C=O) groups is 1. The summed E-state index contributed by atoms with van der Waals surface area (Å²) in [5.74, 6) is -0.718. The second-order valence-electron chi connectivity index (χ2n) is 3.92. The van der Waals surface area contributed by atoms with Gasteiger partial charge in [-0.3, -0.25) is 0 Å². The third kappa shape index (κ3) is 3.24. The van der Waals surface area contributed by atoms with Crippen LogP contribution in [0.25, 0.3) is 0 Å². The molecule has 0 unspecified atom stereocenters. The number of hydrogen-bond donors (Lipinski definition) is 2. The van der Waals surface area contributed by atoms with E-state index >= 15 is 0 Å². The van der Waals surface area contributed by atoms with E-state index in [2.05, 4.69) is 26.2 Å². The van der Waals surface area contributed by atoms with Crippen molar-refractivity contribution in [1.82, 2.24) is 4.98 Å². The number of carboxylic acids is 1. The lowest BCUT2D eigenvalue weighted by molar-refractivity contribution is 0.0691. The number of halogens is 2. The number of rotatable bonds is 3. The van der Waals surface area contributed by atoms with Crippen LogP contribution in [0, 0.1) is 6.92 Å². The molecule has 2 aromatic rings. The molecule has 19 heavy (non-hydrogen) atoms. The van der Waals surface area contributed by atoms with Gasteiger partial charge in [0.05, 0.1) is 5.02 Å². The van der Waals surface area contributed by atoms with Crippen LogP contribution in [0.3, 0.4) is 0 Å². The number of pyridine rings is 1. The van der Waals surface area contributed by atoms with E-state index in [4.69, 9.17) is 16.7 Å². The van der Waals surface area contributed by atoms with Crippen LogP contribution < -0.4 is 5.32 Å². The van der Waals surface area contributed by atoms with Crippen molar-refractivity contribution in [1.29, 1.82) is 0 Å². The Bertz CT molecular complexity index is 647. The summed E-state index contributed by atoms with van der Waals surface area (Å²) in [5, 5.41) is 12.1. The van der Waals surface area contributed by atoms with Crippen molar-refractivity contribution in [2.45, 2.75) is 6.92 Å². The first kappa shape index (κ1) is 13.8. The summed E-state index contributed by atoms with van der Waals surface area (Å²) in [7, 11) is 0. The molecule has 0 fully saturated rings. The van der Waals surface area contributed by atoms with E-state index in [1.165, 1.54) is 6.07 Å². The highest BCUT2D eigenvalue weighted by atomic mass is 79.9. The normalized spacial score (nSPS) is 10.3. The third-order valence-electron chi connectivity index (χ3n) is 2.48. The Morgan fingerprint density at radius 3 is 2.74 bits per heavy atom. The third-order valence-corrected chi connectivity index (χ3v) is 3.67. The monoisotopic (exact) mass is 340 g/mol. The maximum atomic E-state index is 10.9. The largest absolute Gasteiger partial charge is 0.476 e. The molecule has 0 bridgehead atoms. The van der Waals surface area contributed by atoms with Crippen molar-refractivity contribution >= 4 is 45.0 Å². The van der Waals surface area contributed by atoms with Gasteiger partial charge in [0, 0.05) is 10.2 Å². The molecule has 1 aromatic carbocycles. The number of nitrogens with zero attached hydrogens (tertiary/aromatic N) is 1. The van der Waals surface area contributed by atoms with Crippen molar-refractivity contribution < 1.29 is 9.90 Å². The first-order valence-corrected chi connectivity index (χ1v) is 6.57. The Morgan fingerprint density at radius 1 is 1.37 bits per heavy atom. The number of carboxylic acid groups (broad SMARTS) is 1. The molecular formula is C13H10BrClN2O2. The summed E-state index contributed by atoms with van der Waals surface area (Å²) < 4.78 is 1.01. The quantitative estimate of drug-likeness (QED) is 0.876. The molecule has 0 atom stereocenters. The minimum absolute atomic E-state index is 0.116. The van der Waals surface area contributed by atoms with Crippen molar-refractivity contribution in [2.24, 2.45) is 0 Å². The van der Waals surface area contributed by atoms with Crippen LogP contribution in [0.15, 0.2) is 34.8 Å². The molecule has 0 amide bonds. The van der Waals surface area contributed by atoms with Crippen LogP contribution in [-0.4, -0.2) is 16.1 Å². The number of aromatic carboxylic acids is 1. The second kappa shape index (κ2) is 5.59. The van der Waals surface area contributed by atoms with Gasteiger partial charge in [0.2, 0.25) is 0 Å². The minimum atomic E-state index is -1.15. The van der Waals surface area contributed by atoms with Crippen LogP contribution in [0.5, 0.6) is 0 Å². The zero-order valence-electron chi connectivity index (χ0n) is 9.95. The molecule has 1 aromatic heterocycles. The first-order chi connectivity index (χ1) is 8.97. The predicted molar refractivity (Wildman–Crippen MR) is 78.4 cm³/mol. The van der Waals surface area contributed by atoms with Gasteiger partial charge in [0.1, 0.15) is 5.82 Å². The van der Waals surface area contributed by atoms with Gasteiger partial charge in [-0.1, -0.05) is 27.5 Å². The van der Waals surface area contributed by atoms with E-state index in [0.717, 1.165) is 15.7 Å². The second-order valence-corrected chi connectivity index (χ2v) is 5.18. The molecule has 98 valence electrons. The topological polar surface area (TPSA) is 62.2 Å². The summed E-state index contributed by atoms with van der Waals surface area (Å²) in [5.41, 5.74) is 1.73. The molecule has 0 radical (unpaired) electrons. The molecule has 0 saturated heterocycles. The van der Waals surface area contributed by atoms with E-state index in [1.807, 2.05) is 25.1 Å². The van der Waals surface area contributed by atoms with E-state index in [0.29, 0.717) is 5.82 Å². The number of anilines is 2. The van der Waals surface area contributed by atoms with Gasteiger partial charge < -0.3 is 10.4 Å². The average Bonchev–Trinajstić information content (AvgIpc) is 2.36. The van der Waals surface area contributed by atoms with Crippen LogP contribution in [0.2, 0.25) is 5.02 Å². The predicted octanol–water partition coefficient (Wildman–Crippen LogP) is 4.25. The minimum Gasteiger partial charge on any atom is -0.476 e. The van der Waals surface area contributed by atoms with Crippen molar-refractivity contribution in [3.63, 3.8) is 0 Å². The molecule has 2 N–H and O–H groups in total. The van der Waals surface area contributed by atoms with Gasteiger partial charge in [-0.25, -0.2) is 9.78 Å². The number of nitrogens with one attached hydrogen (secondary N) is 1. The Labute approximate surface area is 123 Å². The first-order valence-electron chi connectivity index (χ1n) is 5.40. The lowest BCUT2D eigenvalue weighted by Crippen LogP contribution is -2.04. The van der Waals surface area contributed by atoms with Crippen molar-refractivity contribution in [2.75, 3.05) is 5.32 Å². The van der Waals surface area contributed by atoms with Crippen LogP contribution in [0.4, 0.5) is 11.5 Å². The molecule has 6 heteroatoms. The lowest BCUT2D eigenvalue weighted by atomic mass is 10.2. The summed E-state index contributed by atoms with van der Waals surface area (Å²) in [4.78, 5) is 14.9. The highest BCUT2D eigenvalue weighted by molar-refractivity contribution is 9.10. The Hall–Kier alpha value is -1.59. The fourth-order valence-electron chi connectivity index (χ4n) is 1.53. The van der Waals surface area contributed by atoms with Crippen LogP contribution >= 0.6 is 27.5 Å². The zero-order valence-corrected chi connectivity index (χ0v) is 12.3. The molecule has 2 rings (SSSR count). The number of aromatic nitrogens is 1. The van der Waals surface area contributed by atoms with E-state index in [9.17, 15) is 4.79 Å². The standard InChI is InChI=1S/C13H10BrClN2O2/c1-7-6-8(2-3-9(7)14)16-11-5-4-10(15)12(17-11)13(18)19/h2-6H,1H3,(H,16,17)(H,18,19). The lowest BCUT2D eigenvalue weighted by Gasteiger charge is -2.08.